The minimum Gasteiger partial charge on any atom is -0.357 e. The molecule has 2 N–H and O–H groups in total. The number of hydrogen-bond acceptors (Lipinski definition) is 4. The highest BCUT2D eigenvalue weighted by molar-refractivity contribution is 14.0. The lowest BCUT2D eigenvalue weighted by atomic mass is 10.1. The van der Waals surface area contributed by atoms with E-state index in [9.17, 15) is 0 Å². The standard InChI is InChI=1S/C21H25N5S.HI/c1-3-18-14-24-20(27-18)15-26-21(22-4-2)25-13-16-8-7-9-17(12-16)19-10-5-6-11-23-19;/h5-12,14H,3-4,13,15H2,1-2H3,(H2,22,25,26);1H. The van der Waals surface area contributed by atoms with Crippen molar-refractivity contribution in [3.05, 3.63) is 70.3 Å². The first kappa shape index (κ1) is 22.3. The number of pyridine rings is 1. The fourth-order valence-electron chi connectivity index (χ4n) is 2.63. The number of aromatic nitrogens is 2. The van der Waals surface area contributed by atoms with Crippen LogP contribution in [0.25, 0.3) is 11.3 Å². The molecule has 2 heterocycles. The molecule has 5 nitrogen and oxygen atoms in total. The third-order valence-electron chi connectivity index (χ3n) is 4.01. The number of hydrogen-bond donors (Lipinski definition) is 2. The quantitative estimate of drug-likeness (QED) is 0.278. The van der Waals surface area contributed by atoms with Crippen LogP contribution >= 0.6 is 35.3 Å². The van der Waals surface area contributed by atoms with Gasteiger partial charge in [-0.15, -0.1) is 35.3 Å². The van der Waals surface area contributed by atoms with Crippen LogP contribution in [0.5, 0.6) is 0 Å². The molecule has 0 unspecified atom stereocenters. The summed E-state index contributed by atoms with van der Waals surface area (Å²) in [4.78, 5) is 14.9. The molecular formula is C21H26IN5S. The third kappa shape index (κ3) is 6.56. The van der Waals surface area contributed by atoms with Crippen LogP contribution in [0.15, 0.2) is 59.9 Å². The normalized spacial score (nSPS) is 11.0. The molecule has 7 heteroatoms. The highest BCUT2D eigenvalue weighted by atomic mass is 127. The number of guanidine groups is 1. The molecule has 0 fully saturated rings. The molecule has 2 aromatic heterocycles. The first-order chi connectivity index (χ1) is 13.3. The van der Waals surface area contributed by atoms with Crippen molar-refractivity contribution < 1.29 is 0 Å². The molecule has 148 valence electrons. The van der Waals surface area contributed by atoms with E-state index in [4.69, 9.17) is 4.99 Å². The second-order valence-corrected chi connectivity index (χ2v) is 7.24. The van der Waals surface area contributed by atoms with E-state index in [-0.39, 0.29) is 24.0 Å². The number of rotatable bonds is 7. The number of halogens is 1. The molecule has 0 spiro atoms. The van der Waals surface area contributed by atoms with Crippen molar-refractivity contribution in [2.45, 2.75) is 33.4 Å². The maximum atomic E-state index is 4.71. The Hall–Kier alpha value is -2.00. The summed E-state index contributed by atoms with van der Waals surface area (Å²) in [5, 5.41) is 7.74. The monoisotopic (exact) mass is 507 g/mol. The Balaban J connectivity index is 0.00000280. The van der Waals surface area contributed by atoms with Gasteiger partial charge in [-0.1, -0.05) is 31.2 Å². The first-order valence-electron chi connectivity index (χ1n) is 9.24. The van der Waals surface area contributed by atoms with E-state index in [0.717, 1.165) is 40.8 Å². The van der Waals surface area contributed by atoms with Crippen molar-refractivity contribution in [3.8, 4) is 11.3 Å². The third-order valence-corrected chi connectivity index (χ3v) is 5.15. The van der Waals surface area contributed by atoms with E-state index >= 15 is 0 Å². The molecule has 0 saturated heterocycles. The largest absolute Gasteiger partial charge is 0.357 e. The summed E-state index contributed by atoms with van der Waals surface area (Å²) in [6.07, 6.45) is 4.79. The van der Waals surface area contributed by atoms with Gasteiger partial charge in [-0.3, -0.25) is 4.98 Å². The average Bonchev–Trinajstić information content (AvgIpc) is 3.19. The van der Waals surface area contributed by atoms with Crippen LogP contribution in [-0.4, -0.2) is 22.5 Å². The molecule has 1 aromatic carbocycles. The topological polar surface area (TPSA) is 62.2 Å². The van der Waals surface area contributed by atoms with Gasteiger partial charge in [0.15, 0.2) is 5.96 Å². The van der Waals surface area contributed by atoms with Crippen molar-refractivity contribution >= 4 is 41.3 Å². The van der Waals surface area contributed by atoms with Crippen LogP contribution in [0.1, 0.15) is 29.3 Å². The smallest absolute Gasteiger partial charge is 0.191 e. The first-order valence-corrected chi connectivity index (χ1v) is 10.1. The van der Waals surface area contributed by atoms with Crippen LogP contribution in [0.3, 0.4) is 0 Å². The summed E-state index contributed by atoms with van der Waals surface area (Å²) >= 11 is 1.74. The number of nitrogens with one attached hydrogen (secondary N) is 2. The van der Waals surface area contributed by atoms with Crippen LogP contribution < -0.4 is 10.6 Å². The van der Waals surface area contributed by atoms with Gasteiger partial charge in [0, 0.05) is 29.4 Å². The summed E-state index contributed by atoms with van der Waals surface area (Å²) in [5.41, 5.74) is 3.23. The molecule has 0 bridgehead atoms. The zero-order valence-corrected chi connectivity index (χ0v) is 19.3. The lowest BCUT2D eigenvalue weighted by Crippen LogP contribution is -2.36. The molecular weight excluding hydrogens is 481 g/mol. The van der Waals surface area contributed by atoms with Crippen molar-refractivity contribution in [2.75, 3.05) is 6.54 Å². The Labute approximate surface area is 187 Å². The molecule has 0 atom stereocenters. The molecule has 3 aromatic rings. The Bertz CT molecular complexity index is 879. The van der Waals surface area contributed by atoms with E-state index in [2.05, 4.69) is 58.7 Å². The highest BCUT2D eigenvalue weighted by Crippen LogP contribution is 2.18. The summed E-state index contributed by atoms with van der Waals surface area (Å²) in [7, 11) is 0. The van der Waals surface area contributed by atoms with E-state index in [0.29, 0.717) is 13.1 Å². The molecule has 0 aliphatic rings. The maximum absolute atomic E-state index is 4.71. The van der Waals surface area contributed by atoms with Crippen LogP contribution in [0.2, 0.25) is 0 Å². The zero-order valence-electron chi connectivity index (χ0n) is 16.2. The Kier molecular flexibility index (Phi) is 9.36. The zero-order chi connectivity index (χ0) is 18.9. The van der Waals surface area contributed by atoms with Gasteiger partial charge in [-0.25, -0.2) is 9.98 Å². The SMILES string of the molecule is CCNC(=NCc1cccc(-c2ccccn2)c1)NCc1ncc(CC)s1.I. The molecule has 0 aliphatic heterocycles. The Morgan fingerprint density at radius 3 is 2.68 bits per heavy atom. The molecule has 0 aliphatic carbocycles. The molecule has 0 radical (unpaired) electrons. The summed E-state index contributed by atoms with van der Waals surface area (Å²) in [6, 6.07) is 14.3. The molecule has 0 amide bonds. The van der Waals surface area contributed by atoms with Gasteiger partial charge >= 0.3 is 0 Å². The van der Waals surface area contributed by atoms with E-state index in [1.165, 1.54) is 4.88 Å². The second kappa shape index (κ2) is 11.8. The predicted octanol–water partition coefficient (Wildman–Crippen LogP) is 4.64. The van der Waals surface area contributed by atoms with Crippen LogP contribution in [0.4, 0.5) is 0 Å². The van der Waals surface area contributed by atoms with Crippen molar-refractivity contribution in [1.82, 2.24) is 20.6 Å². The Morgan fingerprint density at radius 2 is 1.96 bits per heavy atom. The number of thiazole rings is 1. The lowest BCUT2D eigenvalue weighted by molar-refractivity contribution is 0.811. The maximum Gasteiger partial charge on any atom is 0.191 e. The molecule has 0 saturated carbocycles. The van der Waals surface area contributed by atoms with Crippen molar-refractivity contribution in [2.24, 2.45) is 4.99 Å². The Morgan fingerprint density at radius 1 is 1.07 bits per heavy atom. The van der Waals surface area contributed by atoms with Crippen LogP contribution in [-0.2, 0) is 19.5 Å². The lowest BCUT2D eigenvalue weighted by Gasteiger charge is -2.10. The summed E-state index contributed by atoms with van der Waals surface area (Å²) in [6.45, 7) is 6.32. The molecule has 28 heavy (non-hydrogen) atoms. The van der Waals surface area contributed by atoms with Gasteiger partial charge in [0.25, 0.3) is 0 Å². The van der Waals surface area contributed by atoms with Crippen molar-refractivity contribution in [3.63, 3.8) is 0 Å². The number of benzene rings is 1. The number of nitrogens with zero attached hydrogens (tertiary/aromatic N) is 3. The minimum atomic E-state index is 0. The summed E-state index contributed by atoms with van der Waals surface area (Å²) in [5.74, 6) is 0.800. The average molecular weight is 507 g/mol. The van der Waals surface area contributed by atoms with E-state index in [1.807, 2.05) is 30.6 Å². The van der Waals surface area contributed by atoms with Gasteiger partial charge in [0.05, 0.1) is 18.8 Å². The predicted molar refractivity (Wildman–Crippen MR) is 128 cm³/mol. The van der Waals surface area contributed by atoms with Gasteiger partial charge in [-0.05, 0) is 37.1 Å². The van der Waals surface area contributed by atoms with Gasteiger partial charge < -0.3 is 10.6 Å². The second-order valence-electron chi connectivity index (χ2n) is 6.04. The fraction of sp³-hybridized carbons (Fsp3) is 0.286. The van der Waals surface area contributed by atoms with Crippen molar-refractivity contribution in [1.29, 1.82) is 0 Å². The summed E-state index contributed by atoms with van der Waals surface area (Å²) < 4.78 is 0. The minimum absolute atomic E-state index is 0. The number of aryl methyl sites for hydroxylation is 1. The fourth-order valence-corrected chi connectivity index (χ4v) is 3.43. The molecule has 3 rings (SSSR count). The van der Waals surface area contributed by atoms with Gasteiger partial charge in [0.1, 0.15) is 5.01 Å². The number of aliphatic imine (C=N–C) groups is 1. The van der Waals surface area contributed by atoms with E-state index in [1.54, 1.807) is 11.3 Å². The van der Waals surface area contributed by atoms with Gasteiger partial charge in [0.2, 0.25) is 0 Å². The highest BCUT2D eigenvalue weighted by Gasteiger charge is 2.04. The van der Waals surface area contributed by atoms with Gasteiger partial charge in [-0.2, -0.15) is 0 Å². The van der Waals surface area contributed by atoms with E-state index < -0.39 is 0 Å². The van der Waals surface area contributed by atoms with Crippen LogP contribution in [0, 0.1) is 0 Å².